The van der Waals surface area contributed by atoms with Crippen molar-refractivity contribution in [3.8, 4) is 0 Å². The van der Waals surface area contributed by atoms with Crippen LogP contribution in [-0.2, 0) is 10.5 Å². The monoisotopic (exact) mass is 415 g/mol. The number of allylic oxidation sites excluding steroid dienone is 1. The van der Waals surface area contributed by atoms with E-state index in [1.807, 2.05) is 0 Å². The van der Waals surface area contributed by atoms with Gasteiger partial charge in [-0.15, -0.1) is 11.8 Å². The van der Waals surface area contributed by atoms with Crippen molar-refractivity contribution in [1.29, 1.82) is 0 Å². The number of fused-ring (bicyclic) bond motifs is 2. The molecule has 134 valence electrons. The SMILES string of the molecule is O=C(CSCc1c(Cl)cccc1Cl)NNC(=S)N[C@@H]1C[C@H]2C=C[C@@H]1C2. The lowest BCUT2D eigenvalue weighted by molar-refractivity contribution is -0.119. The summed E-state index contributed by atoms with van der Waals surface area (Å²) in [4.78, 5) is 11.9. The van der Waals surface area contributed by atoms with Crippen LogP contribution in [0.1, 0.15) is 18.4 Å². The van der Waals surface area contributed by atoms with Gasteiger partial charge in [0, 0.05) is 21.8 Å². The molecule has 0 aliphatic heterocycles. The van der Waals surface area contributed by atoms with E-state index >= 15 is 0 Å². The van der Waals surface area contributed by atoms with Crippen molar-refractivity contribution in [2.45, 2.75) is 24.6 Å². The molecule has 1 amide bonds. The summed E-state index contributed by atoms with van der Waals surface area (Å²) in [7, 11) is 0. The highest BCUT2D eigenvalue weighted by Crippen LogP contribution is 2.38. The predicted molar refractivity (Wildman–Crippen MR) is 109 cm³/mol. The number of nitrogens with one attached hydrogen (secondary N) is 3. The average Bonchev–Trinajstić information content (AvgIpc) is 3.18. The number of halogens is 2. The van der Waals surface area contributed by atoms with E-state index in [0.29, 0.717) is 38.8 Å². The first-order valence-electron chi connectivity index (χ1n) is 8.07. The number of benzene rings is 1. The summed E-state index contributed by atoms with van der Waals surface area (Å²) in [5.74, 6) is 1.94. The third-order valence-corrected chi connectivity index (χ3v) is 6.34. The number of hydrazine groups is 1. The summed E-state index contributed by atoms with van der Waals surface area (Å²) in [6.45, 7) is 0. The van der Waals surface area contributed by atoms with E-state index in [0.717, 1.165) is 12.0 Å². The molecule has 0 radical (unpaired) electrons. The second-order valence-electron chi connectivity index (χ2n) is 6.23. The second kappa shape index (κ2) is 8.62. The first-order valence-corrected chi connectivity index (χ1v) is 10.4. The summed E-state index contributed by atoms with van der Waals surface area (Å²) in [5, 5.41) is 4.96. The molecule has 1 saturated carbocycles. The topological polar surface area (TPSA) is 53.2 Å². The summed E-state index contributed by atoms with van der Waals surface area (Å²) in [6, 6.07) is 5.75. The Hall–Kier alpha value is -0.950. The molecule has 3 atom stereocenters. The van der Waals surface area contributed by atoms with Crippen LogP contribution >= 0.6 is 47.2 Å². The molecule has 2 aliphatic rings. The minimum Gasteiger partial charge on any atom is -0.358 e. The van der Waals surface area contributed by atoms with E-state index in [1.165, 1.54) is 18.2 Å². The van der Waals surface area contributed by atoms with Gasteiger partial charge in [-0.3, -0.25) is 15.6 Å². The molecule has 1 fully saturated rings. The van der Waals surface area contributed by atoms with Crippen molar-refractivity contribution in [1.82, 2.24) is 16.2 Å². The van der Waals surface area contributed by atoms with E-state index in [-0.39, 0.29) is 11.7 Å². The normalized spacial score (nSPS) is 23.5. The summed E-state index contributed by atoms with van der Waals surface area (Å²) < 4.78 is 0. The minimum atomic E-state index is -0.148. The zero-order chi connectivity index (χ0) is 17.8. The zero-order valence-electron chi connectivity index (χ0n) is 13.4. The van der Waals surface area contributed by atoms with Crippen molar-refractivity contribution >= 4 is 58.2 Å². The predicted octanol–water partition coefficient (Wildman–Crippen LogP) is 3.69. The van der Waals surface area contributed by atoms with Crippen LogP contribution in [0.2, 0.25) is 10.0 Å². The Morgan fingerprint density at radius 1 is 1.20 bits per heavy atom. The smallest absolute Gasteiger partial charge is 0.248 e. The van der Waals surface area contributed by atoms with Gasteiger partial charge in [-0.05, 0) is 54.6 Å². The van der Waals surface area contributed by atoms with Crippen LogP contribution in [-0.4, -0.2) is 22.8 Å². The van der Waals surface area contributed by atoms with Gasteiger partial charge >= 0.3 is 0 Å². The number of hydrogen-bond donors (Lipinski definition) is 3. The van der Waals surface area contributed by atoms with Crippen LogP contribution in [0.3, 0.4) is 0 Å². The highest BCUT2D eigenvalue weighted by atomic mass is 35.5. The fraction of sp³-hybridized carbons (Fsp3) is 0.412. The van der Waals surface area contributed by atoms with Gasteiger partial charge in [0.1, 0.15) is 0 Å². The Balaban J connectivity index is 1.34. The van der Waals surface area contributed by atoms with Crippen LogP contribution in [0.5, 0.6) is 0 Å². The number of thiocarbonyl (C=S) groups is 1. The summed E-state index contributed by atoms with van der Waals surface area (Å²) >= 11 is 18.9. The molecule has 0 spiro atoms. The summed E-state index contributed by atoms with van der Waals surface area (Å²) in [5.41, 5.74) is 6.24. The highest BCUT2D eigenvalue weighted by Gasteiger charge is 2.35. The first-order chi connectivity index (χ1) is 12.0. The first kappa shape index (κ1) is 18.8. The lowest BCUT2D eigenvalue weighted by Gasteiger charge is -2.22. The van der Waals surface area contributed by atoms with Gasteiger partial charge in [-0.2, -0.15) is 0 Å². The molecular weight excluding hydrogens is 397 g/mol. The molecule has 25 heavy (non-hydrogen) atoms. The molecule has 4 nitrogen and oxygen atoms in total. The van der Waals surface area contributed by atoms with Crippen molar-refractivity contribution in [2.75, 3.05) is 5.75 Å². The maximum Gasteiger partial charge on any atom is 0.248 e. The van der Waals surface area contributed by atoms with Gasteiger partial charge in [0.05, 0.1) is 5.75 Å². The number of amides is 1. The molecule has 0 unspecified atom stereocenters. The quantitative estimate of drug-likeness (QED) is 0.388. The fourth-order valence-electron chi connectivity index (χ4n) is 3.23. The molecule has 8 heteroatoms. The van der Waals surface area contributed by atoms with Crippen molar-refractivity contribution in [2.24, 2.45) is 11.8 Å². The van der Waals surface area contributed by atoms with Crippen LogP contribution in [0, 0.1) is 11.8 Å². The largest absolute Gasteiger partial charge is 0.358 e. The van der Waals surface area contributed by atoms with Crippen molar-refractivity contribution in [3.05, 3.63) is 46.0 Å². The van der Waals surface area contributed by atoms with E-state index in [9.17, 15) is 4.79 Å². The number of carbonyl (C=O) groups is 1. The Labute approximate surface area is 167 Å². The molecule has 3 rings (SSSR count). The molecule has 0 saturated heterocycles. The number of thioether (sulfide) groups is 1. The maximum atomic E-state index is 11.9. The third kappa shape index (κ3) is 5.03. The van der Waals surface area contributed by atoms with E-state index in [4.69, 9.17) is 35.4 Å². The lowest BCUT2D eigenvalue weighted by atomic mass is 10.0. The zero-order valence-corrected chi connectivity index (χ0v) is 16.6. The Kier molecular flexibility index (Phi) is 6.49. The van der Waals surface area contributed by atoms with E-state index < -0.39 is 0 Å². The van der Waals surface area contributed by atoms with Crippen LogP contribution in [0.25, 0.3) is 0 Å². The lowest BCUT2D eigenvalue weighted by Crippen LogP contribution is -2.50. The van der Waals surface area contributed by atoms with E-state index in [2.05, 4.69) is 28.3 Å². The Morgan fingerprint density at radius 3 is 2.60 bits per heavy atom. The third-order valence-electron chi connectivity index (χ3n) is 4.45. The van der Waals surface area contributed by atoms with Gasteiger partial charge in [-0.25, -0.2) is 0 Å². The van der Waals surface area contributed by atoms with Gasteiger partial charge in [0.25, 0.3) is 0 Å². The average molecular weight is 416 g/mol. The number of hydrogen-bond acceptors (Lipinski definition) is 3. The molecule has 0 aromatic heterocycles. The molecule has 2 bridgehead atoms. The molecule has 0 heterocycles. The Bertz CT molecular complexity index is 678. The number of carbonyl (C=O) groups excluding carboxylic acids is 1. The molecular formula is C17H19Cl2N3OS2. The second-order valence-corrected chi connectivity index (χ2v) is 8.43. The van der Waals surface area contributed by atoms with E-state index in [1.54, 1.807) is 18.2 Å². The van der Waals surface area contributed by atoms with Crippen molar-refractivity contribution in [3.63, 3.8) is 0 Å². The molecule has 1 aromatic carbocycles. The van der Waals surface area contributed by atoms with Crippen LogP contribution in [0.4, 0.5) is 0 Å². The van der Waals surface area contributed by atoms with Gasteiger partial charge in [0.2, 0.25) is 5.91 Å². The van der Waals surface area contributed by atoms with Gasteiger partial charge in [0.15, 0.2) is 5.11 Å². The fourth-order valence-corrected chi connectivity index (χ4v) is 5.00. The molecule has 3 N–H and O–H groups in total. The van der Waals surface area contributed by atoms with Crippen molar-refractivity contribution < 1.29 is 4.79 Å². The standard InChI is InChI=1S/C17H19Cl2N3OS2/c18-13-2-1-3-14(19)12(13)8-25-9-16(23)21-22-17(24)20-15-7-10-4-5-11(15)6-10/h1-5,10-11,15H,6-9H2,(H,21,23)(H2,20,22,24)/t10-,11+,15+/m0/s1. The Morgan fingerprint density at radius 2 is 1.96 bits per heavy atom. The van der Waals surface area contributed by atoms with Gasteiger partial charge in [-0.1, -0.05) is 41.4 Å². The summed E-state index contributed by atoms with van der Waals surface area (Å²) in [6.07, 6.45) is 6.84. The van der Waals surface area contributed by atoms with Crippen LogP contribution < -0.4 is 16.2 Å². The maximum absolute atomic E-state index is 11.9. The van der Waals surface area contributed by atoms with Gasteiger partial charge < -0.3 is 5.32 Å². The minimum absolute atomic E-state index is 0.148. The molecule has 1 aromatic rings. The van der Waals surface area contributed by atoms with Crippen LogP contribution in [0.15, 0.2) is 30.4 Å². The number of rotatable bonds is 5. The highest BCUT2D eigenvalue weighted by molar-refractivity contribution is 7.99. The molecule has 2 aliphatic carbocycles.